The number of phenols is 3. The first-order valence-corrected chi connectivity index (χ1v) is 22.6. The van der Waals surface area contributed by atoms with Crippen LogP contribution < -0.4 is 9.64 Å². The maximum atomic E-state index is 14.7. The van der Waals surface area contributed by atoms with E-state index >= 15 is 0 Å². The number of aliphatic hydroxyl groups is 2. The molecule has 4 aliphatic heterocycles. The van der Waals surface area contributed by atoms with Gasteiger partial charge in [0.25, 0.3) is 11.7 Å². The van der Waals surface area contributed by atoms with Crippen molar-refractivity contribution in [3.8, 4) is 23.0 Å². The molecule has 1 fully saturated rings. The number of aliphatic hydroxyl groups excluding tert-OH is 2. The van der Waals surface area contributed by atoms with E-state index in [4.69, 9.17) is 18.9 Å². The van der Waals surface area contributed by atoms with E-state index in [9.17, 15) is 45.3 Å². The number of ketones is 1. The number of carbonyl (C=O) groups excluding carboxylic acids is 3. The topological polar surface area (TPSA) is 223 Å². The maximum Gasteiger partial charge on any atom is 0.312 e. The lowest BCUT2D eigenvalue weighted by molar-refractivity contribution is -0.160. The first-order valence-electron chi connectivity index (χ1n) is 22.6. The fourth-order valence-corrected chi connectivity index (χ4v) is 9.17. The molecule has 9 atom stereocenters. The van der Waals surface area contributed by atoms with Gasteiger partial charge in [-0.1, -0.05) is 88.4 Å². The first kappa shape index (κ1) is 50.2. The second-order valence-electron chi connectivity index (χ2n) is 18.0. The summed E-state index contributed by atoms with van der Waals surface area (Å²) in [6, 6.07) is 11.0. The number of benzene rings is 3. The van der Waals surface area contributed by atoms with E-state index in [-0.39, 0.29) is 44.9 Å². The summed E-state index contributed by atoms with van der Waals surface area (Å²) in [6.07, 6.45) is 7.54. The van der Waals surface area contributed by atoms with E-state index in [0.717, 1.165) is 16.5 Å². The van der Waals surface area contributed by atoms with Crippen LogP contribution in [0.5, 0.6) is 23.0 Å². The molecule has 5 bridgehead atoms. The molecule has 67 heavy (non-hydrogen) atoms. The van der Waals surface area contributed by atoms with Crippen molar-refractivity contribution in [2.45, 2.75) is 85.6 Å². The van der Waals surface area contributed by atoms with Crippen LogP contribution in [-0.2, 0) is 23.8 Å². The Labute approximate surface area is 391 Å². The molecule has 0 spiro atoms. The third kappa shape index (κ3) is 10.2. The van der Waals surface area contributed by atoms with Crippen LogP contribution in [0.4, 0.5) is 5.69 Å². The Balaban J connectivity index is 1.44. The molecule has 0 aliphatic carbocycles. The normalized spacial score (nSPS) is 29.7. The average Bonchev–Trinajstić information content (AvgIpc) is 3.57. The fraction of sp³-hybridized carbons (Fsp3) is 0.451. The largest absolute Gasteiger partial charge is 0.507 e. The summed E-state index contributed by atoms with van der Waals surface area (Å²) in [5.41, 5.74) is 0.687. The van der Waals surface area contributed by atoms with Crippen molar-refractivity contribution in [3.63, 3.8) is 0 Å². The number of phenolic OH excluding ortho intramolecular Hbond substituents is 3. The quantitative estimate of drug-likeness (QED) is 0.0705. The van der Waals surface area contributed by atoms with Crippen molar-refractivity contribution in [1.29, 1.82) is 5.41 Å². The number of Topliss-reactive ketones (excluding diaryl/α,β-unsaturated/α-hetero) is 1. The van der Waals surface area contributed by atoms with Crippen molar-refractivity contribution >= 4 is 46.2 Å². The molecule has 0 aromatic heterocycles. The summed E-state index contributed by atoms with van der Waals surface area (Å²) in [7, 11) is 1.43. The number of esters is 1. The van der Waals surface area contributed by atoms with Gasteiger partial charge in [0.15, 0.2) is 5.75 Å². The molecule has 3 aromatic carbocycles. The third-order valence-electron chi connectivity index (χ3n) is 13.3. The molecule has 4 heterocycles. The number of hydrogen-bond acceptors (Lipinski definition) is 14. The molecule has 7 rings (SSSR count). The lowest BCUT2D eigenvalue weighted by Crippen LogP contribution is -2.54. The number of allylic oxidation sites excluding steroid dienone is 2. The number of carbonyl (C=O) groups is 3. The van der Waals surface area contributed by atoms with E-state index in [2.05, 4.69) is 11.0 Å². The van der Waals surface area contributed by atoms with Gasteiger partial charge in [-0.15, -0.1) is 0 Å². The Morgan fingerprint density at radius 1 is 0.925 bits per heavy atom. The molecule has 0 saturated carbocycles. The average molecular weight is 925 g/mol. The van der Waals surface area contributed by atoms with Crippen molar-refractivity contribution in [2.24, 2.45) is 23.7 Å². The molecular formula is C51H64N4O12. The number of nitrogens with zero attached hydrogens (tertiary/aromatic N) is 3. The molecule has 3 aromatic rings. The predicted octanol–water partition coefficient (Wildman–Crippen LogP) is 6.41. The van der Waals surface area contributed by atoms with E-state index in [1.165, 1.54) is 53.2 Å². The number of fused-ring (bicyclic) bond motifs is 14. The molecule has 1 saturated heterocycles. The zero-order valence-electron chi connectivity index (χ0n) is 39.6. The number of rotatable bonds is 5. The van der Waals surface area contributed by atoms with Crippen LogP contribution in [0.2, 0.25) is 0 Å². The van der Waals surface area contributed by atoms with Crippen molar-refractivity contribution in [3.05, 3.63) is 95.3 Å². The van der Waals surface area contributed by atoms with E-state index in [0.29, 0.717) is 32.7 Å². The Bertz CT molecular complexity index is 2480. The maximum absolute atomic E-state index is 14.7. The van der Waals surface area contributed by atoms with Gasteiger partial charge in [0.05, 0.1) is 41.2 Å². The summed E-state index contributed by atoms with van der Waals surface area (Å²) in [5.74, 6) is -9.00. The Kier molecular flexibility index (Phi) is 15.6. The molecule has 4 aliphatic rings. The Hall–Kier alpha value is -6.20. The zero-order valence-corrected chi connectivity index (χ0v) is 39.6. The number of hydrogen-bond donors (Lipinski definition) is 6. The van der Waals surface area contributed by atoms with Gasteiger partial charge in [-0.25, -0.2) is 4.90 Å². The van der Waals surface area contributed by atoms with E-state index in [1.807, 2.05) is 36.4 Å². The van der Waals surface area contributed by atoms with Gasteiger partial charge in [-0.2, -0.15) is 0 Å². The minimum atomic E-state index is -2.06. The summed E-state index contributed by atoms with van der Waals surface area (Å²) in [5, 5.41) is 67.8. The molecule has 0 radical (unpaired) electrons. The number of nitrogens with one attached hydrogen (secondary N) is 1. The van der Waals surface area contributed by atoms with Crippen LogP contribution in [0, 0.1) is 36.0 Å². The number of methoxy groups -OCH3 is 1. The van der Waals surface area contributed by atoms with Crippen molar-refractivity contribution in [1.82, 2.24) is 9.80 Å². The van der Waals surface area contributed by atoms with Crippen LogP contribution in [0.25, 0.3) is 16.8 Å². The number of guanidine groups is 1. The second kappa shape index (κ2) is 20.8. The monoisotopic (exact) mass is 924 g/mol. The van der Waals surface area contributed by atoms with Crippen LogP contribution >= 0.6 is 0 Å². The molecule has 1 amide bonds. The van der Waals surface area contributed by atoms with Gasteiger partial charge < -0.3 is 49.4 Å². The van der Waals surface area contributed by atoms with Crippen LogP contribution in [0.15, 0.2) is 78.6 Å². The van der Waals surface area contributed by atoms with Gasteiger partial charge in [-0.05, 0) is 25.5 Å². The summed E-state index contributed by atoms with van der Waals surface area (Å²) in [6.45, 7) is 14.9. The molecule has 6 N–H and O–H groups in total. The van der Waals surface area contributed by atoms with Gasteiger partial charge in [0, 0.05) is 99.9 Å². The summed E-state index contributed by atoms with van der Waals surface area (Å²) >= 11 is 0. The standard InChI is InChI=1S/C51H64N4O12/c1-28-15-13-16-29(2)49(63)55(50(52)54-24-22-53(23-25-54)21-14-19-35-17-11-10-12-18-35)36-27-37(57)39-40(45(36)61)44(60)33(6)47-41(39)48(62)51(8,67-47)65-26-20-38(64-9)30(3)46(66-34(7)56)32(5)43(59)31(4)42(28)58/h10-20,26-28,30-32,38,42-43,46,52,57-61H,21-25H2,1-9H3/b15-13+,19-14+,26-20+,29-16-,52-50?/t28-,30-,31+,32-,38-,42-,43+,46-,51-/m0/s1. The number of anilines is 1. The van der Waals surface area contributed by atoms with Gasteiger partial charge in [0.2, 0.25) is 5.96 Å². The van der Waals surface area contributed by atoms with Gasteiger partial charge >= 0.3 is 11.8 Å². The number of ether oxygens (including phenoxy) is 4. The number of amides is 1. The first-order chi connectivity index (χ1) is 31.7. The lowest BCUT2D eigenvalue weighted by Gasteiger charge is -2.38. The minimum absolute atomic E-state index is 0.0295. The number of piperazine rings is 1. The lowest BCUT2D eigenvalue weighted by atomic mass is 9.78. The second-order valence-corrected chi connectivity index (χ2v) is 18.0. The van der Waals surface area contributed by atoms with Gasteiger partial charge in [-0.3, -0.25) is 24.7 Å². The highest BCUT2D eigenvalue weighted by molar-refractivity contribution is 6.25. The molecule has 360 valence electrons. The smallest absolute Gasteiger partial charge is 0.312 e. The predicted molar refractivity (Wildman–Crippen MR) is 254 cm³/mol. The highest BCUT2D eigenvalue weighted by Gasteiger charge is 2.50. The van der Waals surface area contributed by atoms with Crippen LogP contribution in [-0.4, -0.2) is 129 Å². The van der Waals surface area contributed by atoms with Crippen LogP contribution in [0.1, 0.15) is 70.0 Å². The van der Waals surface area contributed by atoms with Crippen molar-refractivity contribution in [2.75, 3.05) is 44.7 Å². The molecule has 16 heteroatoms. The SMILES string of the molecule is CO[C@H]1/C=C/O[C@@]2(C)Oc3c(C)c(O)c4c(O)c(cc(O)c4c3C2=O)N(C(=N)N2CCN(C/C=C/c3ccccc3)CC2)C(=O)/C(C)=C\C=C\[C@H](C)[C@H](O)[C@@H](C)[C@@H](O)[C@H](C)[C@@H](OC(C)=O)[C@H]1C. The molecular weight excluding hydrogens is 861 g/mol. The zero-order chi connectivity index (χ0) is 49.1. The van der Waals surface area contributed by atoms with Gasteiger partial charge in [0.1, 0.15) is 23.4 Å². The minimum Gasteiger partial charge on any atom is -0.507 e. The highest BCUT2D eigenvalue weighted by atomic mass is 16.7. The highest BCUT2D eigenvalue weighted by Crippen LogP contribution is 2.54. The third-order valence-corrected chi connectivity index (χ3v) is 13.3. The Morgan fingerprint density at radius 2 is 1.60 bits per heavy atom. The molecule has 16 nitrogen and oxygen atoms in total. The summed E-state index contributed by atoms with van der Waals surface area (Å²) < 4.78 is 23.6. The number of aromatic hydroxyl groups is 3. The fourth-order valence-electron chi connectivity index (χ4n) is 9.17. The summed E-state index contributed by atoms with van der Waals surface area (Å²) in [4.78, 5) is 46.4. The molecule has 0 unspecified atom stereocenters. The Morgan fingerprint density at radius 3 is 2.24 bits per heavy atom. The van der Waals surface area contributed by atoms with Crippen molar-refractivity contribution < 1.29 is 58.9 Å². The van der Waals surface area contributed by atoms with E-state index < -0.39 is 88.8 Å². The van der Waals surface area contributed by atoms with Crippen LogP contribution in [0.3, 0.4) is 0 Å². The van der Waals surface area contributed by atoms with E-state index in [1.54, 1.807) is 44.7 Å².